The third-order valence-electron chi connectivity index (χ3n) is 4.14. The maximum atomic E-state index is 11.7. The molecule has 1 rings (SSSR count). The molecule has 0 aliphatic carbocycles. The molecule has 10 heteroatoms. The van der Waals surface area contributed by atoms with E-state index in [4.69, 9.17) is 24.7 Å². The van der Waals surface area contributed by atoms with Crippen LogP contribution < -0.4 is 15.2 Å². The number of carboxylic acid groups (broad SMARTS) is 1. The van der Waals surface area contributed by atoms with Crippen molar-refractivity contribution in [2.24, 2.45) is 17.6 Å². The molecule has 0 amide bonds. The molecule has 0 heterocycles. The predicted octanol–water partition coefficient (Wildman–Crippen LogP) is 2.48. The second-order valence-electron chi connectivity index (χ2n) is 7.53. The van der Waals surface area contributed by atoms with E-state index in [0.29, 0.717) is 5.56 Å². The van der Waals surface area contributed by atoms with E-state index in [9.17, 15) is 24.3 Å². The zero-order chi connectivity index (χ0) is 23.7. The number of carbonyl (C=O) groups is 4. The number of aliphatic carboxylic acids is 1. The standard InChI is InChI=1S/C21H29NO9/c1-11(2)9-28-21(27)29-10-12(3)18(19(22)20(25)26)15-6-7-16(30-13(4)23)17(8-15)31-14(5)24/h6-8,11-12,18-19H,9-10,22H2,1-5H3,(H,25,26)/t12?,18?,19-/m0/s1. The van der Waals surface area contributed by atoms with Crippen molar-refractivity contribution in [3.05, 3.63) is 23.8 Å². The summed E-state index contributed by atoms with van der Waals surface area (Å²) in [7, 11) is 0. The van der Waals surface area contributed by atoms with E-state index in [0.717, 1.165) is 0 Å². The Morgan fingerprint density at radius 2 is 1.48 bits per heavy atom. The lowest BCUT2D eigenvalue weighted by Crippen LogP contribution is -2.40. The van der Waals surface area contributed by atoms with E-state index < -0.39 is 41.9 Å². The van der Waals surface area contributed by atoms with Crippen molar-refractivity contribution >= 4 is 24.1 Å². The van der Waals surface area contributed by atoms with E-state index in [1.54, 1.807) is 6.92 Å². The minimum Gasteiger partial charge on any atom is -0.480 e. The van der Waals surface area contributed by atoms with E-state index in [1.807, 2.05) is 13.8 Å². The molecule has 172 valence electrons. The highest BCUT2D eigenvalue weighted by atomic mass is 16.7. The molecule has 1 aromatic rings. The summed E-state index contributed by atoms with van der Waals surface area (Å²) in [5.74, 6) is -3.84. The highest BCUT2D eigenvalue weighted by Gasteiger charge is 2.32. The zero-order valence-electron chi connectivity index (χ0n) is 18.2. The lowest BCUT2D eigenvalue weighted by Gasteiger charge is -2.28. The lowest BCUT2D eigenvalue weighted by molar-refractivity contribution is -0.139. The van der Waals surface area contributed by atoms with E-state index in [-0.39, 0.29) is 30.6 Å². The SMILES string of the molecule is CC(=O)Oc1ccc(C(C(C)COC(=O)OCC(C)C)[C@H](N)C(=O)O)cc1OC(C)=O. The number of hydrogen-bond donors (Lipinski definition) is 2. The normalized spacial score (nSPS) is 13.6. The van der Waals surface area contributed by atoms with Crippen molar-refractivity contribution in [2.75, 3.05) is 13.2 Å². The second kappa shape index (κ2) is 11.9. The fourth-order valence-electron chi connectivity index (χ4n) is 2.83. The van der Waals surface area contributed by atoms with Gasteiger partial charge in [-0.2, -0.15) is 0 Å². The molecule has 0 aliphatic rings. The Labute approximate surface area is 180 Å². The van der Waals surface area contributed by atoms with Gasteiger partial charge in [0, 0.05) is 19.8 Å². The van der Waals surface area contributed by atoms with Crippen LogP contribution in [-0.2, 0) is 23.9 Å². The van der Waals surface area contributed by atoms with Crippen LogP contribution in [0.15, 0.2) is 18.2 Å². The van der Waals surface area contributed by atoms with Gasteiger partial charge in [-0.15, -0.1) is 0 Å². The molecule has 0 fully saturated rings. The number of carboxylic acids is 1. The summed E-state index contributed by atoms with van der Waals surface area (Å²) < 4.78 is 20.2. The summed E-state index contributed by atoms with van der Waals surface area (Å²) in [6.45, 7) is 7.80. The molecule has 31 heavy (non-hydrogen) atoms. The maximum Gasteiger partial charge on any atom is 0.508 e. The predicted molar refractivity (Wildman–Crippen MR) is 109 cm³/mol. The van der Waals surface area contributed by atoms with Crippen LogP contribution >= 0.6 is 0 Å². The Hall–Kier alpha value is -3.14. The summed E-state index contributed by atoms with van der Waals surface area (Å²) in [6, 6.07) is 2.91. The summed E-state index contributed by atoms with van der Waals surface area (Å²) in [6.07, 6.45) is -0.867. The number of esters is 2. The van der Waals surface area contributed by atoms with Crippen LogP contribution in [0.2, 0.25) is 0 Å². The van der Waals surface area contributed by atoms with Crippen molar-refractivity contribution in [3.63, 3.8) is 0 Å². The molecule has 0 aliphatic heterocycles. The van der Waals surface area contributed by atoms with Gasteiger partial charge >= 0.3 is 24.1 Å². The molecular formula is C21H29NO9. The molecule has 0 spiro atoms. The monoisotopic (exact) mass is 439 g/mol. The molecule has 0 saturated carbocycles. The molecule has 10 nitrogen and oxygen atoms in total. The smallest absolute Gasteiger partial charge is 0.480 e. The minimum atomic E-state index is -1.35. The van der Waals surface area contributed by atoms with Crippen LogP contribution in [0.25, 0.3) is 0 Å². The van der Waals surface area contributed by atoms with Gasteiger partial charge in [-0.1, -0.05) is 26.8 Å². The second-order valence-corrected chi connectivity index (χ2v) is 7.53. The Morgan fingerprint density at radius 1 is 0.935 bits per heavy atom. The first-order valence-corrected chi connectivity index (χ1v) is 9.71. The fraction of sp³-hybridized carbons (Fsp3) is 0.524. The lowest BCUT2D eigenvalue weighted by atomic mass is 9.82. The van der Waals surface area contributed by atoms with Crippen molar-refractivity contribution in [1.29, 1.82) is 0 Å². The first-order valence-electron chi connectivity index (χ1n) is 9.71. The molecule has 2 unspecified atom stereocenters. The Kier molecular flexibility index (Phi) is 9.94. The van der Waals surface area contributed by atoms with Gasteiger partial charge in [0.1, 0.15) is 6.04 Å². The third kappa shape index (κ3) is 8.63. The van der Waals surface area contributed by atoms with Crippen LogP contribution in [0.5, 0.6) is 11.5 Å². The average molecular weight is 439 g/mol. The first kappa shape index (κ1) is 25.9. The zero-order valence-corrected chi connectivity index (χ0v) is 18.2. The van der Waals surface area contributed by atoms with Crippen LogP contribution in [0.4, 0.5) is 4.79 Å². The highest BCUT2D eigenvalue weighted by molar-refractivity contribution is 5.76. The molecule has 3 N–H and O–H groups in total. The number of rotatable bonds is 10. The molecule has 0 radical (unpaired) electrons. The topological polar surface area (TPSA) is 151 Å². The highest BCUT2D eigenvalue weighted by Crippen LogP contribution is 2.35. The van der Waals surface area contributed by atoms with Gasteiger partial charge in [-0.25, -0.2) is 4.79 Å². The molecule has 0 bridgehead atoms. The molecule has 1 aromatic carbocycles. The van der Waals surface area contributed by atoms with Gasteiger partial charge in [0.2, 0.25) is 0 Å². The number of benzene rings is 1. The van der Waals surface area contributed by atoms with Gasteiger partial charge in [0.05, 0.1) is 13.2 Å². The van der Waals surface area contributed by atoms with Gasteiger partial charge in [0.15, 0.2) is 11.5 Å². The summed E-state index contributed by atoms with van der Waals surface area (Å²) in [5, 5.41) is 9.46. The number of nitrogens with two attached hydrogens (primary N) is 1. The number of carbonyl (C=O) groups excluding carboxylic acids is 3. The largest absolute Gasteiger partial charge is 0.508 e. The molecule has 3 atom stereocenters. The average Bonchev–Trinajstić information content (AvgIpc) is 2.65. The van der Waals surface area contributed by atoms with Gasteiger partial charge in [-0.3, -0.25) is 14.4 Å². The van der Waals surface area contributed by atoms with Crippen LogP contribution in [0, 0.1) is 11.8 Å². The number of ether oxygens (including phenoxy) is 4. The Morgan fingerprint density at radius 3 is 2.00 bits per heavy atom. The van der Waals surface area contributed by atoms with Crippen LogP contribution in [-0.4, -0.2) is 48.4 Å². The fourth-order valence-corrected chi connectivity index (χ4v) is 2.83. The maximum absolute atomic E-state index is 11.7. The number of hydrogen-bond acceptors (Lipinski definition) is 9. The summed E-state index contributed by atoms with van der Waals surface area (Å²) in [5.41, 5.74) is 6.30. The van der Waals surface area contributed by atoms with Crippen molar-refractivity contribution < 1.29 is 43.2 Å². The molecular weight excluding hydrogens is 410 g/mol. The quantitative estimate of drug-likeness (QED) is 0.411. The van der Waals surface area contributed by atoms with Crippen molar-refractivity contribution in [2.45, 2.75) is 46.6 Å². The van der Waals surface area contributed by atoms with E-state index in [2.05, 4.69) is 0 Å². The Balaban J connectivity index is 3.16. The van der Waals surface area contributed by atoms with Gasteiger partial charge in [-0.05, 0) is 29.5 Å². The summed E-state index contributed by atoms with van der Waals surface area (Å²) >= 11 is 0. The molecule has 0 aromatic heterocycles. The summed E-state index contributed by atoms with van der Waals surface area (Å²) in [4.78, 5) is 46.1. The van der Waals surface area contributed by atoms with Crippen molar-refractivity contribution in [3.8, 4) is 11.5 Å². The van der Waals surface area contributed by atoms with Crippen LogP contribution in [0.1, 0.15) is 46.1 Å². The minimum absolute atomic E-state index is 0.00439. The molecule has 0 saturated heterocycles. The Bertz CT molecular complexity index is 806. The third-order valence-corrected chi connectivity index (χ3v) is 4.14. The van der Waals surface area contributed by atoms with E-state index in [1.165, 1.54) is 32.0 Å². The first-order chi connectivity index (χ1) is 14.4. The van der Waals surface area contributed by atoms with Crippen molar-refractivity contribution in [1.82, 2.24) is 0 Å². The van der Waals surface area contributed by atoms with Crippen LogP contribution in [0.3, 0.4) is 0 Å². The van der Waals surface area contributed by atoms with E-state index >= 15 is 0 Å². The van der Waals surface area contributed by atoms with Gasteiger partial charge < -0.3 is 29.8 Å². The van der Waals surface area contributed by atoms with Gasteiger partial charge in [0.25, 0.3) is 0 Å².